The van der Waals surface area contributed by atoms with Crippen LogP contribution < -0.4 is 24.4 Å². The zero-order valence-corrected chi connectivity index (χ0v) is 31.7. The summed E-state index contributed by atoms with van der Waals surface area (Å²) in [6, 6.07) is 18.1. The molecule has 57 heavy (non-hydrogen) atoms. The van der Waals surface area contributed by atoms with Crippen molar-refractivity contribution in [3.63, 3.8) is 0 Å². The number of aliphatic carboxylic acids is 1. The van der Waals surface area contributed by atoms with Crippen molar-refractivity contribution in [1.82, 2.24) is 14.9 Å². The van der Waals surface area contributed by atoms with E-state index in [1.165, 1.54) is 51.7 Å². The minimum atomic E-state index is -2.43. The summed E-state index contributed by atoms with van der Waals surface area (Å²) < 4.78 is 63.4. The van der Waals surface area contributed by atoms with Gasteiger partial charge in [0.05, 0.1) is 33.2 Å². The Morgan fingerprint density at radius 1 is 0.789 bits per heavy atom. The molecule has 0 fully saturated rings. The smallest absolute Gasteiger partial charge is 0.335 e. The van der Waals surface area contributed by atoms with Crippen LogP contribution in [0.15, 0.2) is 84.1 Å². The van der Waals surface area contributed by atoms with Gasteiger partial charge >= 0.3 is 5.97 Å². The Kier molecular flexibility index (Phi) is 13.7. The number of carboxylic acids is 1. The van der Waals surface area contributed by atoms with Gasteiger partial charge in [0.1, 0.15) is 29.7 Å². The predicted molar refractivity (Wildman–Crippen MR) is 203 cm³/mol. The number of carbonyl (C=O) groups is 2. The number of nitrogens with one attached hydrogen (secondary N) is 1. The quantitative estimate of drug-likeness (QED) is 0.0733. The topological polar surface area (TPSA) is 196 Å². The molecule has 5 aromatic rings. The van der Waals surface area contributed by atoms with Crippen LogP contribution in [-0.2, 0) is 21.9 Å². The Labute approximate surface area is 328 Å². The third-order valence-electron chi connectivity index (χ3n) is 8.96. The van der Waals surface area contributed by atoms with Crippen LogP contribution in [0.5, 0.6) is 17.2 Å². The number of rotatable bonds is 17. The number of carbonyl (C=O) groups excluding carboxylic acids is 1. The van der Waals surface area contributed by atoms with Crippen LogP contribution in [-0.4, -0.2) is 99.8 Å². The first-order valence-electron chi connectivity index (χ1n) is 17.0. The molecular formula is C39H39F3N4O10S. The first kappa shape index (κ1) is 42.4. The number of imidazole rings is 1. The number of amides is 1. The van der Waals surface area contributed by atoms with Gasteiger partial charge in [0.15, 0.2) is 40.4 Å². The van der Waals surface area contributed by atoms with E-state index in [0.717, 1.165) is 11.8 Å². The molecule has 18 heteroatoms. The number of benzene rings is 4. The molecule has 0 aliphatic heterocycles. The first-order chi connectivity index (χ1) is 27.2. The lowest BCUT2D eigenvalue weighted by Gasteiger charge is -2.24. The second kappa shape index (κ2) is 18.4. The normalized spacial score (nSPS) is 13.3. The summed E-state index contributed by atoms with van der Waals surface area (Å²) in [7, 11) is 6.16. The Morgan fingerprint density at radius 3 is 2.04 bits per heavy atom. The fourth-order valence-electron chi connectivity index (χ4n) is 5.69. The van der Waals surface area contributed by atoms with E-state index in [0.29, 0.717) is 45.0 Å². The van der Waals surface area contributed by atoms with E-state index in [1.54, 1.807) is 59.1 Å². The number of methoxy groups -OCH3 is 3. The molecule has 1 heterocycles. The van der Waals surface area contributed by atoms with E-state index < -0.39 is 53.7 Å². The lowest BCUT2D eigenvalue weighted by molar-refractivity contribution is -0.166. The molecule has 0 saturated heterocycles. The zero-order chi connectivity index (χ0) is 41.6. The SMILES string of the molecule is COc1cc(-n2c(N(C)c3ccc(OC)c(OC)c3)cnc2SCc2c(F)cc(-c3ccc(CNC(=O)[C@@H](O)[C@@H](O)[C@H](O)[C@@H](O)C(=O)O)cc3)cc2F)ccc1F. The minimum absolute atomic E-state index is 0.0202. The van der Waals surface area contributed by atoms with Gasteiger partial charge < -0.3 is 50.0 Å². The molecule has 0 spiro atoms. The number of anilines is 2. The van der Waals surface area contributed by atoms with Crippen LogP contribution in [0.25, 0.3) is 16.8 Å². The lowest BCUT2D eigenvalue weighted by Crippen LogP contribution is -2.52. The van der Waals surface area contributed by atoms with Gasteiger partial charge in [0.25, 0.3) is 5.91 Å². The van der Waals surface area contributed by atoms with Crippen LogP contribution in [0.3, 0.4) is 0 Å². The molecule has 1 aromatic heterocycles. The van der Waals surface area contributed by atoms with Gasteiger partial charge in [0, 0.05) is 42.7 Å². The number of halogens is 3. The Balaban J connectivity index is 1.33. The number of aromatic nitrogens is 2. The van der Waals surface area contributed by atoms with Crippen LogP contribution in [0, 0.1) is 17.5 Å². The van der Waals surface area contributed by atoms with Gasteiger partial charge in [0.2, 0.25) is 0 Å². The van der Waals surface area contributed by atoms with Gasteiger partial charge in [-0.3, -0.25) is 9.36 Å². The molecule has 0 bridgehead atoms. The molecule has 0 aliphatic rings. The van der Waals surface area contributed by atoms with Crippen molar-refractivity contribution >= 4 is 35.1 Å². The number of ether oxygens (including phenoxy) is 3. The number of thioether (sulfide) groups is 1. The van der Waals surface area contributed by atoms with Crippen molar-refractivity contribution in [2.24, 2.45) is 0 Å². The number of hydrogen-bond acceptors (Lipinski definition) is 12. The monoisotopic (exact) mass is 812 g/mol. The Morgan fingerprint density at radius 2 is 1.42 bits per heavy atom. The van der Waals surface area contributed by atoms with Crippen molar-refractivity contribution in [3.05, 3.63) is 108 Å². The number of aliphatic hydroxyl groups is 4. The van der Waals surface area contributed by atoms with Crippen molar-refractivity contribution in [3.8, 4) is 34.1 Å². The van der Waals surface area contributed by atoms with Crippen molar-refractivity contribution < 1.29 is 62.5 Å². The number of nitrogens with zero attached hydrogens (tertiary/aromatic N) is 3. The Bertz CT molecular complexity index is 2200. The molecule has 302 valence electrons. The summed E-state index contributed by atoms with van der Waals surface area (Å²) in [5, 5.41) is 50.4. The molecule has 5 rings (SSSR count). The molecule has 4 aromatic carbocycles. The van der Waals surface area contributed by atoms with E-state index in [1.807, 2.05) is 6.07 Å². The first-order valence-corrected chi connectivity index (χ1v) is 18.0. The summed E-state index contributed by atoms with van der Waals surface area (Å²) >= 11 is 1.05. The molecule has 14 nitrogen and oxygen atoms in total. The number of aliphatic hydroxyl groups excluding tert-OH is 4. The van der Waals surface area contributed by atoms with E-state index >= 15 is 8.78 Å². The highest BCUT2D eigenvalue weighted by Crippen LogP contribution is 2.38. The zero-order valence-electron chi connectivity index (χ0n) is 30.9. The summed E-state index contributed by atoms with van der Waals surface area (Å²) in [5.74, 6) is -3.89. The molecule has 6 N–H and O–H groups in total. The highest BCUT2D eigenvalue weighted by molar-refractivity contribution is 7.98. The predicted octanol–water partition coefficient (Wildman–Crippen LogP) is 4.19. The van der Waals surface area contributed by atoms with Gasteiger partial charge in [-0.1, -0.05) is 36.0 Å². The standard InChI is InChI=1S/C39H39F3N4O10S/c1-45(23-10-12-29(54-2)31(15-23)56-4)32-18-44-39(46(32)24-9-11-26(40)30(16-24)55-3)57-19-25-27(41)13-22(14-28(25)42)21-7-5-20(6-8-21)17-43-37(51)35(49)33(47)34(48)36(50)38(52)53/h5-16,18,33-36,47-50H,17,19H2,1-4H3,(H,43,51)(H,52,53)/t33-,34-,35-,36+/m0/s1. The summed E-state index contributed by atoms with van der Waals surface area (Å²) in [5.41, 5.74) is 2.09. The van der Waals surface area contributed by atoms with Crippen molar-refractivity contribution in [2.45, 2.75) is 41.9 Å². The lowest BCUT2D eigenvalue weighted by atomic mass is 10.0. The average Bonchev–Trinajstić information content (AvgIpc) is 3.64. The maximum absolute atomic E-state index is 15.6. The maximum atomic E-state index is 15.6. The molecule has 1 amide bonds. The van der Waals surface area contributed by atoms with Crippen molar-refractivity contribution in [1.29, 1.82) is 0 Å². The van der Waals surface area contributed by atoms with E-state index in [4.69, 9.17) is 19.3 Å². The summed E-state index contributed by atoms with van der Waals surface area (Å²) in [4.78, 5) is 29.5. The van der Waals surface area contributed by atoms with Gasteiger partial charge in [-0.15, -0.1) is 0 Å². The minimum Gasteiger partial charge on any atom is -0.494 e. The maximum Gasteiger partial charge on any atom is 0.335 e. The fraction of sp³-hybridized carbons (Fsp3) is 0.256. The van der Waals surface area contributed by atoms with E-state index in [-0.39, 0.29) is 29.2 Å². The highest BCUT2D eigenvalue weighted by Gasteiger charge is 2.37. The van der Waals surface area contributed by atoms with E-state index in [9.17, 15) is 34.4 Å². The number of hydrogen-bond donors (Lipinski definition) is 6. The van der Waals surface area contributed by atoms with Crippen LogP contribution in [0.1, 0.15) is 11.1 Å². The third-order valence-corrected chi connectivity index (χ3v) is 9.94. The van der Waals surface area contributed by atoms with Crippen LogP contribution in [0.2, 0.25) is 0 Å². The third kappa shape index (κ3) is 9.44. The van der Waals surface area contributed by atoms with Crippen molar-refractivity contribution in [2.75, 3.05) is 33.3 Å². The second-order valence-corrected chi connectivity index (χ2v) is 13.4. The Hall–Kier alpha value is -5.79. The largest absolute Gasteiger partial charge is 0.494 e. The number of carboxylic acid groups (broad SMARTS) is 1. The molecular weight excluding hydrogens is 774 g/mol. The average molecular weight is 813 g/mol. The molecule has 0 radical (unpaired) electrons. The van der Waals surface area contributed by atoms with E-state index in [2.05, 4.69) is 10.3 Å². The fourth-order valence-corrected chi connectivity index (χ4v) is 6.69. The molecule has 4 atom stereocenters. The molecule has 0 unspecified atom stereocenters. The molecule has 0 aliphatic carbocycles. The van der Waals surface area contributed by atoms with Gasteiger partial charge in [-0.05, 0) is 53.1 Å². The second-order valence-electron chi connectivity index (χ2n) is 12.5. The van der Waals surface area contributed by atoms with Gasteiger partial charge in [-0.2, -0.15) is 0 Å². The summed E-state index contributed by atoms with van der Waals surface area (Å²) in [6.45, 7) is -0.175. The van der Waals surface area contributed by atoms with Crippen LogP contribution >= 0.6 is 11.8 Å². The molecule has 0 saturated carbocycles. The summed E-state index contributed by atoms with van der Waals surface area (Å²) in [6.07, 6.45) is -7.74. The highest BCUT2D eigenvalue weighted by atomic mass is 32.2. The van der Waals surface area contributed by atoms with Crippen LogP contribution in [0.4, 0.5) is 24.7 Å². The van der Waals surface area contributed by atoms with Gasteiger partial charge in [-0.25, -0.2) is 22.9 Å².